The third kappa shape index (κ3) is 4.47. The van der Waals surface area contributed by atoms with Gasteiger partial charge >= 0.3 is 5.97 Å². The zero-order chi connectivity index (χ0) is 22.3. The molecule has 2 unspecified atom stereocenters. The van der Waals surface area contributed by atoms with Crippen LogP contribution in [0.4, 0.5) is 0 Å². The minimum atomic E-state index is -0.790. The van der Waals surface area contributed by atoms with E-state index in [2.05, 4.69) is 69.1 Å². The summed E-state index contributed by atoms with van der Waals surface area (Å²) in [4.78, 5) is 14.1. The van der Waals surface area contributed by atoms with Crippen LogP contribution in [0.3, 0.4) is 0 Å². The van der Waals surface area contributed by atoms with Crippen LogP contribution in [0.1, 0.15) is 64.9 Å². The van der Waals surface area contributed by atoms with E-state index in [-0.39, 0.29) is 23.9 Å². The van der Waals surface area contributed by atoms with E-state index in [1.54, 1.807) is 0 Å². The Morgan fingerprint density at radius 2 is 2.00 bits per heavy atom. The van der Waals surface area contributed by atoms with Gasteiger partial charge in [-0.25, -0.2) is 0 Å². The van der Waals surface area contributed by atoms with Crippen LogP contribution in [0.5, 0.6) is 0 Å². The standard InChI is InChI=1S/C27H39NO3/c1-17-13-24-22(12-11-19(3)27(24,30)15-26(17)31-20(4)29)18(2)16-28(5)25-14-23(25)21-9-7-6-8-10-21/h6-10,13,18-19,22-26,30H,11-12,14-16H2,1-5H3/t18-,19-,22+,23?,24-,25?,26-,27-/m1/s1. The quantitative estimate of drug-likeness (QED) is 0.526. The smallest absolute Gasteiger partial charge is 0.303 e. The molecular formula is C27H39NO3. The van der Waals surface area contributed by atoms with Gasteiger partial charge in [-0.2, -0.15) is 0 Å². The van der Waals surface area contributed by atoms with E-state index < -0.39 is 5.60 Å². The van der Waals surface area contributed by atoms with E-state index in [1.807, 2.05) is 0 Å². The van der Waals surface area contributed by atoms with Crippen molar-refractivity contribution in [1.82, 2.24) is 4.90 Å². The summed E-state index contributed by atoms with van der Waals surface area (Å²) in [6.07, 6.45) is 5.89. The Bertz CT molecular complexity index is 821. The molecule has 0 saturated heterocycles. The van der Waals surface area contributed by atoms with Gasteiger partial charge in [-0.3, -0.25) is 4.79 Å². The zero-order valence-corrected chi connectivity index (χ0v) is 19.8. The lowest BCUT2D eigenvalue weighted by Gasteiger charge is -2.53. The number of rotatable bonds is 6. The molecule has 8 atom stereocenters. The molecule has 31 heavy (non-hydrogen) atoms. The van der Waals surface area contributed by atoms with Crippen LogP contribution in [-0.4, -0.2) is 47.3 Å². The first kappa shape index (κ1) is 22.5. The lowest BCUT2D eigenvalue weighted by Crippen LogP contribution is -2.56. The highest BCUT2D eigenvalue weighted by Gasteiger charge is 2.53. The summed E-state index contributed by atoms with van der Waals surface area (Å²) < 4.78 is 5.54. The summed E-state index contributed by atoms with van der Waals surface area (Å²) in [6.45, 7) is 9.08. The Kier molecular flexibility index (Phi) is 6.33. The SMILES string of the molecule is CC(=O)O[C@@H]1C[C@@]2(O)[C@H](C)CC[C@@H]([C@H](C)CN(C)C3CC3c3ccccc3)[C@H]2C=C1C. The molecule has 0 radical (unpaired) electrons. The molecule has 1 N–H and O–H groups in total. The second kappa shape index (κ2) is 8.71. The Balaban J connectivity index is 1.45. The number of ether oxygens (including phenoxy) is 1. The van der Waals surface area contributed by atoms with Crippen LogP contribution >= 0.6 is 0 Å². The van der Waals surface area contributed by atoms with Crippen molar-refractivity contribution in [2.24, 2.45) is 23.7 Å². The van der Waals surface area contributed by atoms with E-state index in [9.17, 15) is 9.90 Å². The predicted octanol–water partition coefficient (Wildman–Crippen LogP) is 4.79. The van der Waals surface area contributed by atoms with Crippen LogP contribution < -0.4 is 0 Å². The Morgan fingerprint density at radius 1 is 1.29 bits per heavy atom. The van der Waals surface area contributed by atoms with Gasteiger partial charge in [0.1, 0.15) is 6.10 Å². The third-order valence-corrected chi connectivity index (χ3v) is 8.45. The fourth-order valence-corrected chi connectivity index (χ4v) is 6.45. The number of fused-ring (bicyclic) bond motifs is 1. The van der Waals surface area contributed by atoms with Crippen LogP contribution in [-0.2, 0) is 9.53 Å². The average molecular weight is 426 g/mol. The highest BCUT2D eigenvalue weighted by Crippen LogP contribution is 2.52. The molecule has 170 valence electrons. The van der Waals surface area contributed by atoms with Gasteiger partial charge in [-0.1, -0.05) is 50.3 Å². The van der Waals surface area contributed by atoms with Gasteiger partial charge in [0, 0.05) is 37.8 Å². The van der Waals surface area contributed by atoms with Crippen molar-refractivity contribution in [3.63, 3.8) is 0 Å². The number of nitrogens with zero attached hydrogens (tertiary/aromatic N) is 1. The Labute approximate surface area is 187 Å². The molecule has 2 saturated carbocycles. The van der Waals surface area contributed by atoms with Crippen LogP contribution in [0.25, 0.3) is 0 Å². The molecule has 1 aromatic rings. The summed E-state index contributed by atoms with van der Waals surface area (Å²) in [5, 5.41) is 11.8. The Morgan fingerprint density at radius 3 is 2.68 bits per heavy atom. The largest absolute Gasteiger partial charge is 0.458 e. The molecule has 0 aliphatic heterocycles. The number of likely N-dealkylation sites (N-methyl/N-ethyl adjacent to an activating group) is 1. The average Bonchev–Trinajstić information content (AvgIpc) is 3.52. The maximum Gasteiger partial charge on any atom is 0.303 e. The lowest BCUT2D eigenvalue weighted by atomic mass is 9.57. The first-order chi connectivity index (χ1) is 14.7. The molecule has 0 heterocycles. The molecular weight excluding hydrogens is 386 g/mol. The summed E-state index contributed by atoms with van der Waals surface area (Å²) in [5.41, 5.74) is 1.76. The van der Waals surface area contributed by atoms with Gasteiger partial charge in [0.25, 0.3) is 0 Å². The summed E-state index contributed by atoms with van der Waals surface area (Å²) >= 11 is 0. The second-order valence-electron chi connectivity index (χ2n) is 10.6. The minimum Gasteiger partial charge on any atom is -0.458 e. The van der Waals surface area contributed by atoms with Gasteiger partial charge in [-0.15, -0.1) is 0 Å². The van der Waals surface area contributed by atoms with Crippen molar-refractivity contribution in [1.29, 1.82) is 0 Å². The fourth-order valence-electron chi connectivity index (χ4n) is 6.45. The van der Waals surface area contributed by atoms with E-state index in [1.165, 1.54) is 18.9 Å². The zero-order valence-electron chi connectivity index (χ0n) is 19.8. The van der Waals surface area contributed by atoms with Crippen LogP contribution in [0.15, 0.2) is 42.0 Å². The van der Waals surface area contributed by atoms with Gasteiger partial charge in [0.05, 0.1) is 5.60 Å². The van der Waals surface area contributed by atoms with Crippen molar-refractivity contribution in [3.8, 4) is 0 Å². The van der Waals surface area contributed by atoms with E-state index >= 15 is 0 Å². The lowest BCUT2D eigenvalue weighted by molar-refractivity contribution is -0.159. The molecule has 4 nitrogen and oxygen atoms in total. The molecule has 0 aromatic heterocycles. The molecule has 0 amide bonds. The van der Waals surface area contributed by atoms with Crippen LogP contribution in [0, 0.1) is 23.7 Å². The highest BCUT2D eigenvalue weighted by atomic mass is 16.5. The summed E-state index contributed by atoms with van der Waals surface area (Å²) in [6, 6.07) is 11.5. The van der Waals surface area contributed by atoms with Crippen molar-refractivity contribution < 1.29 is 14.6 Å². The summed E-state index contributed by atoms with van der Waals surface area (Å²) in [7, 11) is 2.26. The molecule has 0 bridgehead atoms. The third-order valence-electron chi connectivity index (χ3n) is 8.45. The number of hydrogen-bond donors (Lipinski definition) is 1. The van der Waals surface area contributed by atoms with Crippen molar-refractivity contribution in [2.45, 2.75) is 77.0 Å². The molecule has 4 rings (SSSR count). The fraction of sp³-hybridized carbons (Fsp3) is 0.667. The van der Waals surface area contributed by atoms with Gasteiger partial charge < -0.3 is 14.7 Å². The maximum absolute atomic E-state index is 11.8. The maximum atomic E-state index is 11.8. The van der Waals surface area contributed by atoms with Crippen molar-refractivity contribution in [3.05, 3.63) is 47.5 Å². The second-order valence-corrected chi connectivity index (χ2v) is 10.6. The van der Waals surface area contributed by atoms with Crippen molar-refractivity contribution in [2.75, 3.05) is 13.6 Å². The van der Waals surface area contributed by atoms with Gasteiger partial charge in [0.15, 0.2) is 0 Å². The van der Waals surface area contributed by atoms with Gasteiger partial charge in [0.2, 0.25) is 0 Å². The Hall–Kier alpha value is -1.65. The van der Waals surface area contributed by atoms with Crippen LogP contribution in [0.2, 0.25) is 0 Å². The number of aliphatic hydroxyl groups is 1. The number of benzene rings is 1. The molecule has 1 aromatic carbocycles. The van der Waals surface area contributed by atoms with Gasteiger partial charge in [-0.05, 0) is 62.1 Å². The first-order valence-electron chi connectivity index (χ1n) is 12.0. The number of carbonyl (C=O) groups is 1. The van der Waals surface area contributed by atoms with E-state index in [0.29, 0.717) is 30.2 Å². The van der Waals surface area contributed by atoms with Crippen molar-refractivity contribution >= 4 is 5.97 Å². The highest BCUT2D eigenvalue weighted by molar-refractivity contribution is 5.66. The normalized spacial score (nSPS) is 38.2. The number of hydrogen-bond acceptors (Lipinski definition) is 4. The monoisotopic (exact) mass is 425 g/mol. The predicted molar refractivity (Wildman–Crippen MR) is 124 cm³/mol. The molecule has 3 aliphatic rings. The first-order valence-corrected chi connectivity index (χ1v) is 12.0. The molecule has 4 heteroatoms. The molecule has 3 aliphatic carbocycles. The topological polar surface area (TPSA) is 49.8 Å². The summed E-state index contributed by atoms with van der Waals surface area (Å²) in [5.74, 6) is 1.68. The molecule has 0 spiro atoms. The number of carbonyl (C=O) groups excluding carboxylic acids is 1. The minimum absolute atomic E-state index is 0.135. The number of esters is 1. The van der Waals surface area contributed by atoms with E-state index in [4.69, 9.17) is 4.74 Å². The molecule has 2 fully saturated rings. The van der Waals surface area contributed by atoms with E-state index in [0.717, 1.165) is 25.0 Å².